The first-order valence-electron chi connectivity index (χ1n) is 6.44. The van der Waals surface area contributed by atoms with Crippen molar-refractivity contribution < 1.29 is 9.53 Å². The summed E-state index contributed by atoms with van der Waals surface area (Å²) in [6.07, 6.45) is 0.996. The monoisotopic (exact) mass is 248 g/mol. The number of benzene rings is 1. The molecule has 1 aliphatic rings. The van der Waals surface area contributed by atoms with Crippen LogP contribution in [0.2, 0.25) is 0 Å². The molecule has 1 heterocycles. The lowest BCUT2D eigenvalue weighted by Gasteiger charge is -2.16. The van der Waals surface area contributed by atoms with Crippen LogP contribution in [0.15, 0.2) is 24.3 Å². The summed E-state index contributed by atoms with van der Waals surface area (Å²) in [7, 11) is 0. The molecule has 1 aromatic rings. The maximum Gasteiger partial charge on any atom is 0.228 e. The third-order valence-corrected chi connectivity index (χ3v) is 2.94. The van der Waals surface area contributed by atoms with Crippen LogP contribution in [0.25, 0.3) is 0 Å². The molecule has 1 fully saturated rings. The summed E-state index contributed by atoms with van der Waals surface area (Å²) in [5.41, 5.74) is 0.753. The largest absolute Gasteiger partial charge is 0.489 e. The first-order valence-corrected chi connectivity index (χ1v) is 6.44. The Bertz CT molecular complexity index is 412. The van der Waals surface area contributed by atoms with Crippen molar-refractivity contribution in [1.29, 1.82) is 0 Å². The summed E-state index contributed by atoms with van der Waals surface area (Å²) in [6.45, 7) is 5.63. The molecule has 4 nitrogen and oxygen atoms in total. The Morgan fingerprint density at radius 2 is 2.22 bits per heavy atom. The zero-order valence-corrected chi connectivity index (χ0v) is 10.9. The summed E-state index contributed by atoms with van der Waals surface area (Å²) in [5.74, 6) is 0.865. The van der Waals surface area contributed by atoms with Gasteiger partial charge in [0.1, 0.15) is 5.75 Å². The molecule has 4 heteroatoms. The van der Waals surface area contributed by atoms with Crippen molar-refractivity contribution >= 4 is 11.6 Å². The third-order valence-electron chi connectivity index (χ3n) is 2.94. The highest BCUT2D eigenvalue weighted by Crippen LogP contribution is 2.25. The molecular formula is C14H20N2O2. The molecule has 1 aliphatic heterocycles. The highest BCUT2D eigenvalue weighted by atomic mass is 16.5. The van der Waals surface area contributed by atoms with Crippen LogP contribution >= 0.6 is 0 Å². The van der Waals surface area contributed by atoms with Gasteiger partial charge in [-0.1, -0.05) is 12.1 Å². The van der Waals surface area contributed by atoms with Crippen LogP contribution in [-0.2, 0) is 4.79 Å². The van der Waals surface area contributed by atoms with Crippen molar-refractivity contribution in [3.8, 4) is 5.75 Å². The molecular weight excluding hydrogens is 228 g/mol. The fraction of sp³-hybridized carbons (Fsp3) is 0.500. The van der Waals surface area contributed by atoms with Crippen LogP contribution in [-0.4, -0.2) is 25.1 Å². The first kappa shape index (κ1) is 12.9. The summed E-state index contributed by atoms with van der Waals surface area (Å²) in [5, 5.41) is 6.15. The molecule has 2 rings (SSSR count). The average molecular weight is 248 g/mol. The highest BCUT2D eigenvalue weighted by molar-refractivity contribution is 5.94. The molecule has 0 saturated carbocycles. The van der Waals surface area contributed by atoms with Crippen LogP contribution < -0.4 is 15.4 Å². The molecule has 0 aliphatic carbocycles. The van der Waals surface area contributed by atoms with Crippen molar-refractivity contribution in [1.82, 2.24) is 5.32 Å². The van der Waals surface area contributed by atoms with Gasteiger partial charge in [-0.3, -0.25) is 4.79 Å². The summed E-state index contributed by atoms with van der Waals surface area (Å²) in [4.78, 5) is 12.0. The average Bonchev–Trinajstić information content (AvgIpc) is 2.84. The van der Waals surface area contributed by atoms with E-state index in [0.717, 1.165) is 30.9 Å². The van der Waals surface area contributed by atoms with E-state index >= 15 is 0 Å². The maximum absolute atomic E-state index is 12.0. The SMILES string of the molecule is CC(C)Oc1ccccc1NC(=O)C1CCNC1. The molecule has 1 unspecified atom stereocenters. The van der Waals surface area contributed by atoms with E-state index in [1.165, 1.54) is 0 Å². The molecule has 1 atom stereocenters. The first-order chi connectivity index (χ1) is 8.66. The fourth-order valence-electron chi connectivity index (χ4n) is 2.04. The molecule has 0 bridgehead atoms. The van der Waals surface area contributed by atoms with Gasteiger partial charge in [-0.25, -0.2) is 0 Å². The van der Waals surface area contributed by atoms with Gasteiger partial charge in [-0.15, -0.1) is 0 Å². The summed E-state index contributed by atoms with van der Waals surface area (Å²) in [6, 6.07) is 7.56. The second kappa shape index (κ2) is 5.87. The molecule has 2 N–H and O–H groups in total. The van der Waals surface area contributed by atoms with Gasteiger partial charge in [0.15, 0.2) is 0 Å². The quantitative estimate of drug-likeness (QED) is 0.857. The topological polar surface area (TPSA) is 50.4 Å². The zero-order chi connectivity index (χ0) is 13.0. The van der Waals surface area contributed by atoms with Crippen LogP contribution in [0, 0.1) is 5.92 Å². The number of anilines is 1. The summed E-state index contributed by atoms with van der Waals surface area (Å²) < 4.78 is 5.68. The second-order valence-electron chi connectivity index (χ2n) is 4.84. The van der Waals surface area contributed by atoms with Gasteiger partial charge in [0.05, 0.1) is 17.7 Å². The fourth-order valence-corrected chi connectivity index (χ4v) is 2.04. The maximum atomic E-state index is 12.0. The van der Waals surface area contributed by atoms with Crippen LogP contribution in [0.3, 0.4) is 0 Å². The number of rotatable bonds is 4. The normalized spacial score (nSPS) is 18.9. The minimum Gasteiger partial charge on any atom is -0.489 e. The Labute approximate surface area is 108 Å². The predicted octanol–water partition coefficient (Wildman–Crippen LogP) is 2.02. The number of carbonyl (C=O) groups is 1. The van der Waals surface area contributed by atoms with E-state index in [9.17, 15) is 4.79 Å². The van der Waals surface area contributed by atoms with Gasteiger partial charge in [0.2, 0.25) is 5.91 Å². The Balaban J connectivity index is 2.05. The Morgan fingerprint density at radius 1 is 1.44 bits per heavy atom. The van der Waals surface area contributed by atoms with E-state index in [4.69, 9.17) is 4.74 Å². The van der Waals surface area contributed by atoms with Gasteiger partial charge >= 0.3 is 0 Å². The van der Waals surface area contributed by atoms with Crippen molar-refractivity contribution in [2.75, 3.05) is 18.4 Å². The van der Waals surface area contributed by atoms with Crippen molar-refractivity contribution in [2.45, 2.75) is 26.4 Å². The Kier molecular flexibility index (Phi) is 4.20. The number of carbonyl (C=O) groups excluding carboxylic acids is 1. The molecule has 98 valence electrons. The van der Waals surface area contributed by atoms with Crippen molar-refractivity contribution in [2.24, 2.45) is 5.92 Å². The van der Waals surface area contributed by atoms with Gasteiger partial charge in [-0.2, -0.15) is 0 Å². The minimum absolute atomic E-state index is 0.0668. The molecule has 0 aromatic heterocycles. The molecule has 0 radical (unpaired) electrons. The molecule has 0 spiro atoms. The van der Waals surface area contributed by atoms with Crippen LogP contribution in [0.4, 0.5) is 5.69 Å². The molecule has 18 heavy (non-hydrogen) atoms. The van der Waals surface area contributed by atoms with Crippen LogP contribution in [0.5, 0.6) is 5.75 Å². The lowest BCUT2D eigenvalue weighted by Crippen LogP contribution is -2.25. The molecule has 1 saturated heterocycles. The minimum atomic E-state index is 0.0668. The standard InChI is InChI=1S/C14H20N2O2/c1-10(2)18-13-6-4-3-5-12(13)16-14(17)11-7-8-15-9-11/h3-6,10-11,15H,7-9H2,1-2H3,(H,16,17). The van der Waals surface area contributed by atoms with E-state index in [0.29, 0.717) is 0 Å². The van der Waals surface area contributed by atoms with E-state index in [1.807, 2.05) is 38.1 Å². The van der Waals surface area contributed by atoms with E-state index in [1.54, 1.807) is 0 Å². The predicted molar refractivity (Wildman–Crippen MR) is 71.8 cm³/mol. The van der Waals surface area contributed by atoms with Crippen molar-refractivity contribution in [3.05, 3.63) is 24.3 Å². The number of para-hydroxylation sites is 2. The second-order valence-corrected chi connectivity index (χ2v) is 4.84. The van der Waals surface area contributed by atoms with Gasteiger partial charge in [0, 0.05) is 6.54 Å². The number of nitrogens with one attached hydrogen (secondary N) is 2. The smallest absolute Gasteiger partial charge is 0.228 e. The van der Waals surface area contributed by atoms with Crippen LogP contribution in [0.1, 0.15) is 20.3 Å². The number of amides is 1. The van der Waals surface area contributed by atoms with E-state index < -0.39 is 0 Å². The van der Waals surface area contributed by atoms with Gasteiger partial charge in [-0.05, 0) is 38.9 Å². The third kappa shape index (κ3) is 3.23. The lowest BCUT2D eigenvalue weighted by atomic mass is 10.1. The van der Waals surface area contributed by atoms with Gasteiger partial charge in [0.25, 0.3) is 0 Å². The van der Waals surface area contributed by atoms with E-state index in [-0.39, 0.29) is 17.9 Å². The number of ether oxygens (including phenoxy) is 1. The summed E-state index contributed by atoms with van der Waals surface area (Å²) >= 11 is 0. The van der Waals surface area contributed by atoms with Crippen molar-refractivity contribution in [3.63, 3.8) is 0 Å². The Hall–Kier alpha value is -1.55. The lowest BCUT2D eigenvalue weighted by molar-refractivity contribution is -0.119. The zero-order valence-electron chi connectivity index (χ0n) is 10.9. The highest BCUT2D eigenvalue weighted by Gasteiger charge is 2.23. The van der Waals surface area contributed by atoms with Gasteiger partial charge < -0.3 is 15.4 Å². The molecule has 1 aromatic carbocycles. The van der Waals surface area contributed by atoms with E-state index in [2.05, 4.69) is 10.6 Å². The Morgan fingerprint density at radius 3 is 2.89 bits per heavy atom. The molecule has 1 amide bonds. The number of hydrogen-bond acceptors (Lipinski definition) is 3. The number of hydrogen-bond donors (Lipinski definition) is 2.